The smallest absolute Gasteiger partial charge is 0.228 e. The molecule has 6 nitrogen and oxygen atoms in total. The Morgan fingerprint density at radius 1 is 1.19 bits per heavy atom. The molecule has 1 aromatic heterocycles. The second kappa shape index (κ2) is 7.38. The number of benzene rings is 2. The number of rotatable bonds is 2. The number of hydrogen-bond donors (Lipinski definition) is 0. The van der Waals surface area contributed by atoms with Gasteiger partial charge in [0.05, 0.1) is 18.4 Å². The summed E-state index contributed by atoms with van der Waals surface area (Å²) in [5.74, 6) is 0.641. The fourth-order valence-corrected chi connectivity index (χ4v) is 4.90. The monoisotopic (exact) mass is 438 g/mol. The highest BCUT2D eigenvalue weighted by atomic mass is 35.5. The minimum atomic E-state index is -0.552. The van der Waals surface area contributed by atoms with E-state index < -0.39 is 5.60 Å². The van der Waals surface area contributed by atoms with E-state index in [2.05, 4.69) is 5.16 Å². The molecule has 0 atom stereocenters. The molecule has 3 heterocycles. The van der Waals surface area contributed by atoms with Crippen molar-refractivity contribution in [1.29, 1.82) is 0 Å². The zero-order valence-electron chi connectivity index (χ0n) is 17.5. The highest BCUT2D eigenvalue weighted by molar-refractivity contribution is 6.31. The summed E-state index contributed by atoms with van der Waals surface area (Å²) in [6.07, 6.45) is 1.74. The summed E-state index contributed by atoms with van der Waals surface area (Å²) < 4.78 is 11.7. The fraction of sp³-hybridized carbons (Fsp3) is 0.375. The molecule has 0 aliphatic carbocycles. The molecule has 1 amide bonds. The number of halogens is 1. The van der Waals surface area contributed by atoms with Gasteiger partial charge in [0.1, 0.15) is 17.0 Å². The largest absolute Gasteiger partial charge is 0.486 e. The van der Waals surface area contributed by atoms with Crippen LogP contribution in [0.25, 0.3) is 11.0 Å². The number of hydrogen-bond acceptors (Lipinski definition) is 5. The van der Waals surface area contributed by atoms with E-state index in [1.165, 1.54) is 0 Å². The molecule has 0 unspecified atom stereocenters. The lowest BCUT2D eigenvalue weighted by molar-refractivity contribution is -0.134. The van der Waals surface area contributed by atoms with Crippen LogP contribution in [0.4, 0.5) is 0 Å². The van der Waals surface area contributed by atoms with Crippen LogP contribution in [0.15, 0.2) is 34.9 Å². The van der Waals surface area contributed by atoms with Crippen LogP contribution in [0.1, 0.15) is 46.4 Å². The number of amides is 1. The molecule has 0 bridgehead atoms. The van der Waals surface area contributed by atoms with E-state index in [1.54, 1.807) is 18.2 Å². The van der Waals surface area contributed by atoms with Gasteiger partial charge in [0.2, 0.25) is 5.91 Å². The summed E-state index contributed by atoms with van der Waals surface area (Å²) in [4.78, 5) is 27.5. The SMILES string of the molecule is Cc1cc(C)c2onc(CC(=O)N3CCC4(CC3)CC(=O)c3cc(Cl)ccc3O4)c2c1. The number of fused-ring (bicyclic) bond motifs is 2. The highest BCUT2D eigenvalue weighted by Gasteiger charge is 2.43. The van der Waals surface area contributed by atoms with E-state index in [9.17, 15) is 9.59 Å². The fourth-order valence-electron chi connectivity index (χ4n) is 4.73. The number of ketones is 1. The predicted octanol–water partition coefficient (Wildman–Crippen LogP) is 4.67. The molecule has 0 saturated carbocycles. The number of Topliss-reactive ketones (excluding diaryl/α,β-unsaturated/α-hetero) is 1. The first-order valence-electron chi connectivity index (χ1n) is 10.5. The molecule has 0 radical (unpaired) electrons. The van der Waals surface area contributed by atoms with Crippen molar-refractivity contribution in [3.8, 4) is 5.75 Å². The first kappa shape index (κ1) is 20.1. The van der Waals surface area contributed by atoms with Crippen molar-refractivity contribution in [3.05, 3.63) is 57.7 Å². The molecule has 1 spiro atoms. The van der Waals surface area contributed by atoms with Crippen molar-refractivity contribution in [1.82, 2.24) is 10.1 Å². The maximum atomic E-state index is 13.0. The predicted molar refractivity (Wildman–Crippen MR) is 117 cm³/mol. The zero-order chi connectivity index (χ0) is 21.8. The van der Waals surface area contributed by atoms with Gasteiger partial charge in [-0.15, -0.1) is 0 Å². The summed E-state index contributed by atoms with van der Waals surface area (Å²) >= 11 is 6.02. The van der Waals surface area contributed by atoms with Crippen molar-refractivity contribution in [2.24, 2.45) is 0 Å². The van der Waals surface area contributed by atoms with E-state index in [-0.39, 0.29) is 18.1 Å². The first-order chi connectivity index (χ1) is 14.8. The van der Waals surface area contributed by atoms with Gasteiger partial charge < -0.3 is 14.2 Å². The molecule has 5 rings (SSSR count). The Hall–Kier alpha value is -2.86. The van der Waals surface area contributed by atoms with Crippen LogP contribution in [0, 0.1) is 13.8 Å². The van der Waals surface area contributed by atoms with Gasteiger partial charge in [0.25, 0.3) is 0 Å². The van der Waals surface area contributed by atoms with Crippen LogP contribution in [-0.4, -0.2) is 40.4 Å². The van der Waals surface area contributed by atoms with Gasteiger partial charge >= 0.3 is 0 Å². The van der Waals surface area contributed by atoms with Crippen molar-refractivity contribution in [3.63, 3.8) is 0 Å². The molecule has 2 aromatic carbocycles. The van der Waals surface area contributed by atoms with Gasteiger partial charge in [-0.05, 0) is 49.2 Å². The number of aryl methyl sites for hydroxylation is 2. The van der Waals surface area contributed by atoms with E-state index in [4.69, 9.17) is 20.9 Å². The molecule has 3 aromatic rings. The quantitative estimate of drug-likeness (QED) is 0.581. The third kappa shape index (κ3) is 3.59. The minimum absolute atomic E-state index is 0.0125. The summed E-state index contributed by atoms with van der Waals surface area (Å²) in [5.41, 5.74) is 3.52. The van der Waals surface area contributed by atoms with Crippen LogP contribution in [0.3, 0.4) is 0 Å². The number of carbonyl (C=O) groups is 2. The lowest BCUT2D eigenvalue weighted by Crippen LogP contribution is -2.52. The van der Waals surface area contributed by atoms with Crippen molar-refractivity contribution in [2.45, 2.75) is 45.1 Å². The summed E-state index contributed by atoms with van der Waals surface area (Å²) in [6, 6.07) is 9.21. The number of aromatic nitrogens is 1. The topological polar surface area (TPSA) is 72.6 Å². The van der Waals surface area contributed by atoms with Crippen LogP contribution in [-0.2, 0) is 11.2 Å². The lowest BCUT2D eigenvalue weighted by atomic mass is 9.82. The molecular formula is C24H23ClN2O4. The Kier molecular flexibility index (Phi) is 4.77. The van der Waals surface area contributed by atoms with E-state index >= 15 is 0 Å². The van der Waals surface area contributed by atoms with Crippen LogP contribution < -0.4 is 4.74 Å². The van der Waals surface area contributed by atoms with Gasteiger partial charge in [-0.2, -0.15) is 0 Å². The summed E-state index contributed by atoms with van der Waals surface area (Å²) in [7, 11) is 0. The molecule has 0 N–H and O–H groups in total. The lowest BCUT2D eigenvalue weighted by Gasteiger charge is -2.44. The summed E-state index contributed by atoms with van der Waals surface area (Å²) in [6.45, 7) is 5.09. The zero-order valence-corrected chi connectivity index (χ0v) is 18.3. The molecule has 1 fully saturated rings. The Balaban J connectivity index is 1.28. The third-order valence-corrected chi connectivity index (χ3v) is 6.61. The van der Waals surface area contributed by atoms with Gasteiger partial charge in [-0.3, -0.25) is 9.59 Å². The van der Waals surface area contributed by atoms with Crippen molar-refractivity contribution < 1.29 is 18.8 Å². The second-order valence-electron chi connectivity index (χ2n) is 8.67. The van der Waals surface area contributed by atoms with Crippen LogP contribution >= 0.6 is 11.6 Å². The molecular weight excluding hydrogens is 416 g/mol. The first-order valence-corrected chi connectivity index (χ1v) is 10.9. The molecule has 2 aliphatic rings. The van der Waals surface area contributed by atoms with Gasteiger partial charge in [0.15, 0.2) is 11.4 Å². The number of ether oxygens (including phenoxy) is 1. The summed E-state index contributed by atoms with van der Waals surface area (Å²) in [5, 5.41) is 5.58. The van der Waals surface area contributed by atoms with Gasteiger partial charge in [-0.25, -0.2) is 0 Å². The molecule has 160 valence electrons. The molecule has 1 saturated heterocycles. The van der Waals surface area contributed by atoms with E-state index in [1.807, 2.05) is 30.9 Å². The maximum Gasteiger partial charge on any atom is 0.228 e. The number of carbonyl (C=O) groups excluding carboxylic acids is 2. The number of nitrogens with zero attached hydrogens (tertiary/aromatic N) is 2. The molecule has 2 aliphatic heterocycles. The van der Waals surface area contributed by atoms with Crippen LogP contribution in [0.2, 0.25) is 5.02 Å². The average Bonchev–Trinajstić information content (AvgIpc) is 3.12. The van der Waals surface area contributed by atoms with Gasteiger partial charge in [0, 0.05) is 36.3 Å². The Labute approximate surface area is 185 Å². The third-order valence-electron chi connectivity index (χ3n) is 6.37. The van der Waals surface area contributed by atoms with Gasteiger partial charge in [-0.1, -0.05) is 22.8 Å². The Bertz CT molecular complexity index is 1210. The highest BCUT2D eigenvalue weighted by Crippen LogP contribution is 2.40. The number of piperidine rings is 1. The van der Waals surface area contributed by atoms with Crippen LogP contribution in [0.5, 0.6) is 5.75 Å². The van der Waals surface area contributed by atoms with Crippen molar-refractivity contribution in [2.75, 3.05) is 13.1 Å². The molecule has 31 heavy (non-hydrogen) atoms. The average molecular weight is 439 g/mol. The Morgan fingerprint density at radius 3 is 2.74 bits per heavy atom. The normalized spacial score (nSPS) is 17.6. The standard InChI is InChI=1S/C24H23ClN2O4/c1-14-9-15(2)23-17(10-14)19(26-31-23)12-22(29)27-7-5-24(6-8-27)13-20(28)18-11-16(25)3-4-21(18)30-24/h3-4,9-11H,5-8,12-13H2,1-2H3. The maximum absolute atomic E-state index is 13.0. The molecule has 7 heteroatoms. The Morgan fingerprint density at radius 2 is 1.97 bits per heavy atom. The van der Waals surface area contributed by atoms with E-state index in [0.717, 1.165) is 22.1 Å². The second-order valence-corrected chi connectivity index (χ2v) is 9.11. The minimum Gasteiger partial charge on any atom is -0.486 e. The van der Waals surface area contributed by atoms with Crippen molar-refractivity contribution >= 4 is 34.3 Å². The van der Waals surface area contributed by atoms with E-state index in [0.29, 0.717) is 54.4 Å². The number of likely N-dealkylation sites (tertiary alicyclic amines) is 1.